The average Bonchev–Trinajstić information content (AvgIpc) is 2.46. The molecule has 1 heterocycles. The third kappa shape index (κ3) is 2.87. The molecule has 0 aliphatic carbocycles. The van der Waals surface area contributed by atoms with Crippen molar-refractivity contribution < 1.29 is 12.8 Å². The number of hydrogen-bond acceptors (Lipinski definition) is 3. The summed E-state index contributed by atoms with van der Waals surface area (Å²) in [5, 5.41) is 0. The van der Waals surface area contributed by atoms with Gasteiger partial charge in [0.05, 0.1) is 0 Å². The van der Waals surface area contributed by atoms with E-state index in [1.807, 2.05) is 6.92 Å². The standard InChI is InChI=1S/C14H21FN2O2S/c1-2-12-5-3-4-8-17(12)20(18,19)14-7-6-11(10-16)9-13(14)15/h6-7,9,12H,2-5,8,10,16H2,1H3. The molecule has 1 saturated heterocycles. The van der Waals surface area contributed by atoms with Gasteiger partial charge in [0.1, 0.15) is 10.7 Å². The van der Waals surface area contributed by atoms with Gasteiger partial charge in [0.2, 0.25) is 10.0 Å². The summed E-state index contributed by atoms with van der Waals surface area (Å²) in [4.78, 5) is -0.241. The van der Waals surface area contributed by atoms with E-state index in [1.165, 1.54) is 16.4 Å². The molecule has 0 spiro atoms. The van der Waals surface area contributed by atoms with Crippen molar-refractivity contribution in [2.24, 2.45) is 5.73 Å². The lowest BCUT2D eigenvalue weighted by atomic mass is 10.0. The highest BCUT2D eigenvalue weighted by molar-refractivity contribution is 7.89. The molecule has 1 aromatic carbocycles. The van der Waals surface area contributed by atoms with Crippen LogP contribution in [0.15, 0.2) is 23.1 Å². The zero-order valence-corrected chi connectivity index (χ0v) is 12.5. The topological polar surface area (TPSA) is 63.4 Å². The molecule has 1 atom stereocenters. The molecular weight excluding hydrogens is 279 g/mol. The van der Waals surface area contributed by atoms with Gasteiger partial charge < -0.3 is 5.73 Å². The Morgan fingerprint density at radius 1 is 1.40 bits per heavy atom. The Bertz CT molecular complexity index is 575. The van der Waals surface area contributed by atoms with Crippen LogP contribution in [0.3, 0.4) is 0 Å². The SMILES string of the molecule is CCC1CCCCN1S(=O)(=O)c1ccc(CN)cc1F. The zero-order chi connectivity index (χ0) is 14.8. The van der Waals surface area contributed by atoms with Crippen LogP contribution in [-0.2, 0) is 16.6 Å². The van der Waals surface area contributed by atoms with Crippen LogP contribution in [0.25, 0.3) is 0 Å². The first kappa shape index (κ1) is 15.4. The molecule has 4 nitrogen and oxygen atoms in total. The average molecular weight is 300 g/mol. The molecule has 2 rings (SSSR count). The second-order valence-electron chi connectivity index (χ2n) is 5.14. The number of nitrogens with two attached hydrogens (primary N) is 1. The fourth-order valence-corrected chi connectivity index (χ4v) is 4.52. The highest BCUT2D eigenvalue weighted by Gasteiger charge is 2.34. The van der Waals surface area contributed by atoms with Gasteiger partial charge in [0, 0.05) is 19.1 Å². The van der Waals surface area contributed by atoms with Gasteiger partial charge >= 0.3 is 0 Å². The second-order valence-corrected chi connectivity index (χ2v) is 7.00. The predicted molar refractivity (Wildman–Crippen MR) is 76.1 cm³/mol. The van der Waals surface area contributed by atoms with Crippen LogP contribution in [0.1, 0.15) is 38.2 Å². The van der Waals surface area contributed by atoms with Crippen molar-refractivity contribution >= 4 is 10.0 Å². The summed E-state index contributed by atoms with van der Waals surface area (Å²) < 4.78 is 40.8. The van der Waals surface area contributed by atoms with Crippen LogP contribution in [0.4, 0.5) is 4.39 Å². The maximum absolute atomic E-state index is 14.1. The second kappa shape index (κ2) is 6.20. The first-order chi connectivity index (χ1) is 9.50. The third-order valence-corrected chi connectivity index (χ3v) is 5.85. The van der Waals surface area contributed by atoms with Gasteiger partial charge in [0.15, 0.2) is 0 Å². The minimum absolute atomic E-state index is 0.0256. The molecule has 0 bridgehead atoms. The smallest absolute Gasteiger partial charge is 0.246 e. The molecule has 0 amide bonds. The molecule has 112 valence electrons. The van der Waals surface area contributed by atoms with Crippen molar-refractivity contribution in [3.05, 3.63) is 29.6 Å². The van der Waals surface area contributed by atoms with Gasteiger partial charge in [-0.25, -0.2) is 12.8 Å². The van der Waals surface area contributed by atoms with Crippen molar-refractivity contribution in [3.63, 3.8) is 0 Å². The maximum Gasteiger partial charge on any atom is 0.246 e. The molecule has 6 heteroatoms. The molecule has 1 aliphatic heterocycles. The van der Waals surface area contributed by atoms with Crippen molar-refractivity contribution in [1.29, 1.82) is 0 Å². The van der Waals surface area contributed by atoms with E-state index < -0.39 is 15.8 Å². The number of nitrogens with zero attached hydrogens (tertiary/aromatic N) is 1. The minimum Gasteiger partial charge on any atom is -0.326 e. The quantitative estimate of drug-likeness (QED) is 0.927. The van der Waals surface area contributed by atoms with E-state index in [-0.39, 0.29) is 17.5 Å². The fraction of sp³-hybridized carbons (Fsp3) is 0.571. The van der Waals surface area contributed by atoms with E-state index in [0.717, 1.165) is 25.7 Å². The van der Waals surface area contributed by atoms with Crippen LogP contribution < -0.4 is 5.73 Å². The Morgan fingerprint density at radius 3 is 2.75 bits per heavy atom. The highest BCUT2D eigenvalue weighted by atomic mass is 32.2. The molecule has 2 N–H and O–H groups in total. The highest BCUT2D eigenvalue weighted by Crippen LogP contribution is 2.28. The Morgan fingerprint density at radius 2 is 2.15 bits per heavy atom. The first-order valence-electron chi connectivity index (χ1n) is 7.01. The monoisotopic (exact) mass is 300 g/mol. The Kier molecular flexibility index (Phi) is 4.78. The molecule has 0 radical (unpaired) electrons. The minimum atomic E-state index is -3.76. The van der Waals surface area contributed by atoms with Crippen molar-refractivity contribution in [2.75, 3.05) is 6.54 Å². The van der Waals surface area contributed by atoms with Gasteiger partial charge in [-0.2, -0.15) is 4.31 Å². The van der Waals surface area contributed by atoms with Gasteiger partial charge in [0.25, 0.3) is 0 Å². The summed E-state index contributed by atoms with van der Waals surface area (Å²) in [6.45, 7) is 2.63. The van der Waals surface area contributed by atoms with E-state index in [0.29, 0.717) is 12.1 Å². The summed E-state index contributed by atoms with van der Waals surface area (Å²) in [5.74, 6) is -0.714. The van der Waals surface area contributed by atoms with E-state index in [4.69, 9.17) is 5.73 Å². The number of sulfonamides is 1. The van der Waals surface area contributed by atoms with Gasteiger partial charge in [-0.15, -0.1) is 0 Å². The number of benzene rings is 1. The number of halogens is 1. The van der Waals surface area contributed by atoms with E-state index >= 15 is 0 Å². The molecule has 0 aromatic heterocycles. The zero-order valence-electron chi connectivity index (χ0n) is 11.7. The van der Waals surface area contributed by atoms with Crippen molar-refractivity contribution in [1.82, 2.24) is 4.31 Å². The molecule has 0 saturated carbocycles. The fourth-order valence-electron chi connectivity index (χ4n) is 2.71. The largest absolute Gasteiger partial charge is 0.326 e. The number of hydrogen-bond donors (Lipinski definition) is 1. The summed E-state index contributed by atoms with van der Waals surface area (Å²) in [6, 6.07) is 4.08. The molecule has 1 fully saturated rings. The lowest BCUT2D eigenvalue weighted by Crippen LogP contribution is -2.43. The van der Waals surface area contributed by atoms with Crippen molar-refractivity contribution in [2.45, 2.75) is 50.1 Å². The number of rotatable bonds is 4. The molecule has 20 heavy (non-hydrogen) atoms. The van der Waals surface area contributed by atoms with Crippen LogP contribution in [0, 0.1) is 5.82 Å². The lowest BCUT2D eigenvalue weighted by molar-refractivity contribution is 0.246. The molecule has 1 aromatic rings. The van der Waals surface area contributed by atoms with Gasteiger partial charge in [-0.1, -0.05) is 19.4 Å². The Labute approximate surface area is 119 Å². The normalized spacial score (nSPS) is 21.1. The van der Waals surface area contributed by atoms with Gasteiger partial charge in [-0.3, -0.25) is 0 Å². The summed E-state index contributed by atoms with van der Waals surface area (Å²) >= 11 is 0. The summed E-state index contributed by atoms with van der Waals surface area (Å²) in [5.41, 5.74) is 6.03. The first-order valence-corrected chi connectivity index (χ1v) is 8.45. The van der Waals surface area contributed by atoms with Gasteiger partial charge in [-0.05, 0) is 37.0 Å². The van der Waals surface area contributed by atoms with E-state index in [9.17, 15) is 12.8 Å². The van der Waals surface area contributed by atoms with Crippen LogP contribution in [0.5, 0.6) is 0 Å². The van der Waals surface area contributed by atoms with Crippen LogP contribution >= 0.6 is 0 Å². The van der Waals surface area contributed by atoms with Crippen LogP contribution in [0.2, 0.25) is 0 Å². The van der Waals surface area contributed by atoms with E-state index in [1.54, 1.807) is 6.07 Å². The maximum atomic E-state index is 14.1. The third-order valence-electron chi connectivity index (χ3n) is 3.86. The lowest BCUT2D eigenvalue weighted by Gasteiger charge is -2.34. The number of piperidine rings is 1. The summed E-state index contributed by atoms with van der Waals surface area (Å²) in [7, 11) is -3.76. The summed E-state index contributed by atoms with van der Waals surface area (Å²) in [6.07, 6.45) is 3.46. The van der Waals surface area contributed by atoms with Crippen LogP contribution in [-0.4, -0.2) is 25.3 Å². The Hall–Kier alpha value is -0.980. The molecule has 1 unspecified atom stereocenters. The van der Waals surface area contributed by atoms with E-state index in [2.05, 4.69) is 0 Å². The molecular formula is C14H21FN2O2S. The van der Waals surface area contributed by atoms with Crippen molar-refractivity contribution in [3.8, 4) is 0 Å². The molecule has 1 aliphatic rings. The predicted octanol–water partition coefficient (Wildman–Crippen LogP) is 2.24. The Balaban J connectivity index is 2.38.